The average molecular weight is 306 g/mol. The minimum Gasteiger partial charge on any atom is -0.515 e. The third-order valence-corrected chi connectivity index (χ3v) is 3.17. The van der Waals surface area contributed by atoms with Crippen molar-refractivity contribution in [1.82, 2.24) is 0 Å². The number of benzene rings is 1. The number of ketones is 1. The second-order valence-electron chi connectivity index (χ2n) is 5.06. The Morgan fingerprint density at radius 3 is 2.09 bits per heavy atom. The Hall–Kier alpha value is -2.76. The largest absolute Gasteiger partial charge is 0.515 e. The van der Waals surface area contributed by atoms with Crippen LogP contribution in [0.1, 0.15) is 47.1 Å². The van der Waals surface area contributed by atoms with E-state index in [1.54, 1.807) is 19.9 Å². The molecule has 1 aromatic carbocycles. The second-order valence-corrected chi connectivity index (χ2v) is 5.06. The van der Waals surface area contributed by atoms with Crippen molar-refractivity contribution in [3.63, 3.8) is 0 Å². The molecule has 0 amide bonds. The zero-order valence-electron chi connectivity index (χ0n) is 12.5. The monoisotopic (exact) mass is 306 g/mol. The summed E-state index contributed by atoms with van der Waals surface area (Å²) in [6.45, 7) is 4.89. The summed E-state index contributed by atoms with van der Waals surface area (Å²) in [5.41, 5.74) is -0.292. The fourth-order valence-corrected chi connectivity index (χ4v) is 1.87. The number of allylic oxidation sites excluding steroid dienone is 3. The van der Waals surface area contributed by atoms with Crippen LogP contribution in [0.4, 0.5) is 0 Å². The quantitative estimate of drug-likeness (QED) is 0.219. The van der Waals surface area contributed by atoms with Gasteiger partial charge < -0.3 is 20.4 Å². The van der Waals surface area contributed by atoms with Crippen molar-refractivity contribution in [2.45, 2.75) is 27.2 Å². The van der Waals surface area contributed by atoms with Gasteiger partial charge in [0.25, 0.3) is 0 Å². The van der Waals surface area contributed by atoms with E-state index in [-0.39, 0.29) is 23.8 Å². The van der Waals surface area contributed by atoms with Crippen molar-refractivity contribution in [3.8, 4) is 17.2 Å². The third-order valence-electron chi connectivity index (χ3n) is 3.17. The van der Waals surface area contributed by atoms with Gasteiger partial charge >= 0.3 is 0 Å². The Bertz CT molecular complexity index is 679. The second kappa shape index (κ2) is 6.80. The predicted octanol–water partition coefficient (Wildman–Crippen LogP) is 2.77. The van der Waals surface area contributed by atoms with Crippen LogP contribution >= 0.6 is 0 Å². The Kier molecular flexibility index (Phi) is 5.34. The first-order valence-electron chi connectivity index (χ1n) is 6.50. The summed E-state index contributed by atoms with van der Waals surface area (Å²) in [6, 6.07) is 0. The first-order valence-corrected chi connectivity index (χ1v) is 6.50. The minimum atomic E-state index is -0.848. The van der Waals surface area contributed by atoms with E-state index in [4.69, 9.17) is 5.11 Å². The summed E-state index contributed by atoms with van der Waals surface area (Å²) >= 11 is 0. The molecule has 0 unspecified atom stereocenters. The van der Waals surface area contributed by atoms with Gasteiger partial charge in [0.1, 0.15) is 22.8 Å². The fourth-order valence-electron chi connectivity index (χ4n) is 1.87. The normalized spacial score (nSPS) is 11.1. The van der Waals surface area contributed by atoms with Crippen LogP contribution in [0.2, 0.25) is 0 Å². The summed E-state index contributed by atoms with van der Waals surface area (Å²) < 4.78 is 0. The van der Waals surface area contributed by atoms with Gasteiger partial charge in [0, 0.05) is 11.1 Å². The minimum absolute atomic E-state index is 0.0461. The van der Waals surface area contributed by atoms with Crippen molar-refractivity contribution in [2.24, 2.45) is 0 Å². The SMILES string of the molecule is CC(C)=CCc1c(O)c(C=O)c(O)c(C(=O)/C(C)=C\O)c1O. The summed E-state index contributed by atoms with van der Waals surface area (Å²) in [7, 11) is 0. The maximum Gasteiger partial charge on any atom is 0.199 e. The van der Waals surface area contributed by atoms with E-state index < -0.39 is 34.2 Å². The summed E-state index contributed by atoms with van der Waals surface area (Å²) in [5.74, 6) is -2.87. The maximum atomic E-state index is 12.1. The van der Waals surface area contributed by atoms with Gasteiger partial charge in [0.2, 0.25) is 0 Å². The first kappa shape index (κ1) is 17.3. The molecule has 6 heteroatoms. The molecule has 1 aromatic rings. The van der Waals surface area contributed by atoms with Gasteiger partial charge in [-0.2, -0.15) is 0 Å². The Balaban J connectivity index is 3.71. The summed E-state index contributed by atoms with van der Waals surface area (Å²) in [4.78, 5) is 23.2. The van der Waals surface area contributed by atoms with Crippen molar-refractivity contribution < 1.29 is 30.0 Å². The lowest BCUT2D eigenvalue weighted by Gasteiger charge is -2.14. The van der Waals surface area contributed by atoms with Crippen molar-refractivity contribution >= 4 is 12.1 Å². The summed E-state index contributed by atoms with van der Waals surface area (Å²) in [5, 5.41) is 39.1. The number of aliphatic hydroxyl groups excluding tert-OH is 1. The number of carbonyl (C=O) groups is 2. The smallest absolute Gasteiger partial charge is 0.199 e. The summed E-state index contributed by atoms with van der Waals surface area (Å²) in [6.07, 6.45) is 2.49. The number of hydrogen-bond acceptors (Lipinski definition) is 6. The Morgan fingerprint density at radius 1 is 1.05 bits per heavy atom. The zero-order chi connectivity index (χ0) is 17.0. The maximum absolute atomic E-state index is 12.1. The molecule has 0 aliphatic heterocycles. The van der Waals surface area contributed by atoms with Crippen LogP contribution in [-0.2, 0) is 6.42 Å². The molecule has 0 saturated carbocycles. The van der Waals surface area contributed by atoms with Crippen molar-refractivity contribution in [2.75, 3.05) is 0 Å². The molecule has 118 valence electrons. The highest BCUT2D eigenvalue weighted by Crippen LogP contribution is 2.42. The van der Waals surface area contributed by atoms with Crippen LogP contribution in [0.3, 0.4) is 0 Å². The van der Waals surface area contributed by atoms with E-state index in [0.29, 0.717) is 6.26 Å². The lowest BCUT2D eigenvalue weighted by Crippen LogP contribution is -2.06. The van der Waals surface area contributed by atoms with Gasteiger partial charge in [0.15, 0.2) is 12.1 Å². The number of phenols is 3. The Labute approximate surface area is 127 Å². The molecule has 0 fully saturated rings. The van der Waals surface area contributed by atoms with E-state index in [9.17, 15) is 24.9 Å². The lowest BCUT2D eigenvalue weighted by atomic mass is 9.94. The van der Waals surface area contributed by atoms with E-state index in [2.05, 4.69) is 0 Å². The van der Waals surface area contributed by atoms with Crippen LogP contribution in [0.5, 0.6) is 17.2 Å². The molecule has 0 spiro atoms. The fraction of sp³-hybridized carbons (Fsp3) is 0.250. The van der Waals surface area contributed by atoms with Crippen LogP contribution in [0, 0.1) is 0 Å². The third kappa shape index (κ3) is 3.11. The van der Waals surface area contributed by atoms with Gasteiger partial charge in [-0.15, -0.1) is 0 Å². The van der Waals surface area contributed by atoms with Crippen LogP contribution < -0.4 is 0 Å². The highest BCUT2D eigenvalue weighted by atomic mass is 16.3. The number of aliphatic hydroxyl groups is 1. The van der Waals surface area contributed by atoms with Crippen molar-refractivity contribution in [1.29, 1.82) is 0 Å². The molecule has 6 nitrogen and oxygen atoms in total. The van der Waals surface area contributed by atoms with Gasteiger partial charge in [-0.3, -0.25) is 9.59 Å². The van der Waals surface area contributed by atoms with Gasteiger partial charge in [-0.05, 0) is 27.2 Å². The number of phenolic OH excluding ortho intramolecular Hbond substituents is 3. The molecule has 0 atom stereocenters. The highest BCUT2D eigenvalue weighted by molar-refractivity contribution is 6.13. The van der Waals surface area contributed by atoms with E-state index >= 15 is 0 Å². The molecule has 0 radical (unpaired) electrons. The van der Waals surface area contributed by atoms with Crippen LogP contribution in [-0.4, -0.2) is 32.5 Å². The van der Waals surface area contributed by atoms with E-state index in [1.165, 1.54) is 6.92 Å². The number of carbonyl (C=O) groups excluding carboxylic acids is 2. The Morgan fingerprint density at radius 2 is 1.64 bits per heavy atom. The number of Topliss-reactive ketones (excluding diaryl/α,β-unsaturated/α-hetero) is 1. The zero-order valence-corrected chi connectivity index (χ0v) is 12.5. The first-order chi connectivity index (χ1) is 10.3. The molecule has 0 saturated heterocycles. The molecule has 0 bridgehead atoms. The van der Waals surface area contributed by atoms with Gasteiger partial charge in [0.05, 0.1) is 11.8 Å². The molecule has 0 aromatic heterocycles. The topological polar surface area (TPSA) is 115 Å². The standard InChI is InChI=1S/C16H18O6/c1-8(2)4-5-10-14(20)11(7-18)16(22)12(15(10)21)13(19)9(3)6-17/h4,6-7,17,20-22H,5H2,1-3H3/b9-6-. The molecule has 1 rings (SSSR count). The number of aldehydes is 1. The molecule has 0 heterocycles. The van der Waals surface area contributed by atoms with Crippen LogP contribution in [0.15, 0.2) is 23.5 Å². The van der Waals surface area contributed by atoms with E-state index in [0.717, 1.165) is 5.57 Å². The molecule has 22 heavy (non-hydrogen) atoms. The molecule has 4 N–H and O–H groups in total. The molecular weight excluding hydrogens is 288 g/mol. The number of aromatic hydroxyl groups is 3. The molecule has 0 aliphatic carbocycles. The lowest BCUT2D eigenvalue weighted by molar-refractivity contribution is 0.102. The van der Waals surface area contributed by atoms with Crippen LogP contribution in [0.25, 0.3) is 0 Å². The predicted molar refractivity (Wildman–Crippen MR) is 80.7 cm³/mol. The number of rotatable bonds is 5. The highest BCUT2D eigenvalue weighted by Gasteiger charge is 2.27. The molecule has 0 aliphatic rings. The van der Waals surface area contributed by atoms with Gasteiger partial charge in [-0.1, -0.05) is 11.6 Å². The average Bonchev–Trinajstić information content (AvgIpc) is 2.46. The van der Waals surface area contributed by atoms with E-state index in [1.807, 2.05) is 0 Å². The molecular formula is C16H18O6. The number of hydrogen-bond donors (Lipinski definition) is 4. The van der Waals surface area contributed by atoms with Gasteiger partial charge in [-0.25, -0.2) is 0 Å². The van der Waals surface area contributed by atoms with Crippen molar-refractivity contribution in [3.05, 3.63) is 40.2 Å².